The van der Waals surface area contributed by atoms with E-state index in [0.717, 1.165) is 34.4 Å². The average Bonchev–Trinajstić information content (AvgIpc) is 3.35. The van der Waals surface area contributed by atoms with Crippen molar-refractivity contribution < 1.29 is 9.53 Å². The van der Waals surface area contributed by atoms with Gasteiger partial charge in [0, 0.05) is 38.1 Å². The molecule has 7 nitrogen and oxygen atoms in total. The summed E-state index contributed by atoms with van der Waals surface area (Å²) in [5.74, 6) is 0.460. The Labute approximate surface area is 192 Å². The second kappa shape index (κ2) is 9.98. The van der Waals surface area contributed by atoms with Gasteiger partial charge in [-0.1, -0.05) is 24.3 Å². The molecule has 3 heterocycles. The zero-order chi connectivity index (χ0) is 22.5. The Morgan fingerprint density at radius 2 is 1.97 bits per heavy atom. The zero-order valence-electron chi connectivity index (χ0n) is 18.5. The molecule has 0 unspecified atom stereocenters. The number of rotatable bonds is 7. The van der Waals surface area contributed by atoms with Crippen LogP contribution in [-0.2, 0) is 0 Å². The molecule has 8 heteroatoms. The molecule has 4 rings (SSSR count). The molecule has 32 heavy (non-hydrogen) atoms. The van der Waals surface area contributed by atoms with E-state index in [4.69, 9.17) is 4.74 Å². The zero-order valence-corrected chi connectivity index (χ0v) is 19.3. The van der Waals surface area contributed by atoms with Crippen molar-refractivity contribution in [1.82, 2.24) is 14.8 Å². The number of nitrogens with zero attached hydrogens (tertiary/aromatic N) is 5. The maximum atomic E-state index is 12.7. The predicted molar refractivity (Wildman–Crippen MR) is 128 cm³/mol. The highest BCUT2D eigenvalue weighted by Gasteiger charge is 2.27. The number of benzene rings is 1. The number of para-hydroxylation sites is 1. The highest BCUT2D eigenvalue weighted by molar-refractivity contribution is 7.12. The van der Waals surface area contributed by atoms with Crippen molar-refractivity contribution >= 4 is 33.8 Å². The Hall–Kier alpha value is -3.15. The Morgan fingerprint density at radius 1 is 1.19 bits per heavy atom. The molecular weight excluding hydrogens is 422 g/mol. The molecule has 1 amide bonds. The van der Waals surface area contributed by atoms with Crippen molar-refractivity contribution in [3.63, 3.8) is 0 Å². The van der Waals surface area contributed by atoms with E-state index in [-0.39, 0.29) is 5.91 Å². The minimum Gasteiger partial charge on any atom is -0.477 e. The second-order valence-electron chi connectivity index (χ2n) is 8.03. The number of thiophene rings is 1. The van der Waals surface area contributed by atoms with Crippen LogP contribution in [0.3, 0.4) is 0 Å². The fourth-order valence-electron chi connectivity index (χ4n) is 3.95. The number of hydrogen-bond donors (Lipinski definition) is 0. The first-order chi connectivity index (χ1) is 15.6. The first-order valence-corrected chi connectivity index (χ1v) is 11.6. The van der Waals surface area contributed by atoms with Gasteiger partial charge in [0.05, 0.1) is 22.7 Å². The minimum absolute atomic E-state index is 0.0738. The van der Waals surface area contributed by atoms with Crippen LogP contribution in [0, 0.1) is 11.3 Å². The fourth-order valence-corrected chi connectivity index (χ4v) is 4.64. The van der Waals surface area contributed by atoms with E-state index in [0.29, 0.717) is 44.2 Å². The number of piperazine rings is 1. The normalized spacial score (nSPS) is 14.1. The number of amides is 1. The van der Waals surface area contributed by atoms with Gasteiger partial charge >= 0.3 is 0 Å². The molecule has 1 saturated heterocycles. The SMILES string of the molecule is CN(C)CCCOc1nc2ccccc2c(N2CCN(C(=O)c3cccs3)CC2)c1C#N. The molecule has 0 saturated carbocycles. The molecule has 1 aromatic carbocycles. The van der Waals surface area contributed by atoms with Gasteiger partial charge in [-0.05, 0) is 38.0 Å². The van der Waals surface area contributed by atoms with Gasteiger partial charge in [0.25, 0.3) is 5.91 Å². The molecule has 2 aromatic heterocycles. The van der Waals surface area contributed by atoms with Crippen molar-refractivity contribution in [3.8, 4) is 11.9 Å². The lowest BCUT2D eigenvalue weighted by atomic mass is 10.1. The molecule has 166 valence electrons. The molecule has 0 bridgehead atoms. The van der Waals surface area contributed by atoms with Crippen molar-refractivity contribution in [2.24, 2.45) is 0 Å². The van der Waals surface area contributed by atoms with Crippen LogP contribution < -0.4 is 9.64 Å². The maximum Gasteiger partial charge on any atom is 0.264 e. The molecule has 3 aromatic rings. The first kappa shape index (κ1) is 22.1. The highest BCUT2D eigenvalue weighted by Crippen LogP contribution is 2.35. The lowest BCUT2D eigenvalue weighted by Gasteiger charge is -2.37. The number of pyridine rings is 1. The number of hydrogen-bond acceptors (Lipinski definition) is 7. The molecule has 1 aliphatic rings. The van der Waals surface area contributed by atoms with E-state index in [1.807, 2.05) is 60.8 Å². The standard InChI is InChI=1S/C24H27N5O2S/c1-27(2)10-6-15-31-23-19(17-25)22(18-7-3-4-8-20(18)26-23)28-11-13-29(14-12-28)24(30)21-9-5-16-32-21/h3-5,7-9,16H,6,10-15H2,1-2H3. The first-order valence-electron chi connectivity index (χ1n) is 10.8. The largest absolute Gasteiger partial charge is 0.477 e. The van der Waals surface area contributed by atoms with Gasteiger partial charge in [0.15, 0.2) is 0 Å². The van der Waals surface area contributed by atoms with E-state index in [1.165, 1.54) is 11.3 Å². The van der Waals surface area contributed by atoms with Crippen LogP contribution in [0.2, 0.25) is 0 Å². The van der Waals surface area contributed by atoms with Crippen molar-refractivity contribution in [1.29, 1.82) is 5.26 Å². The van der Waals surface area contributed by atoms with Crippen LogP contribution in [0.1, 0.15) is 21.7 Å². The summed E-state index contributed by atoms with van der Waals surface area (Å²) in [6.07, 6.45) is 0.852. The molecular formula is C24H27N5O2S. The van der Waals surface area contributed by atoms with Crippen LogP contribution in [0.4, 0.5) is 5.69 Å². The fraction of sp³-hybridized carbons (Fsp3) is 0.375. The topological polar surface area (TPSA) is 72.7 Å². The van der Waals surface area contributed by atoms with Crippen molar-refractivity contribution in [3.05, 3.63) is 52.2 Å². The van der Waals surface area contributed by atoms with E-state index >= 15 is 0 Å². The predicted octanol–water partition coefficient (Wildman–Crippen LogP) is 3.46. The van der Waals surface area contributed by atoms with Gasteiger partial charge in [0.2, 0.25) is 5.88 Å². The van der Waals surface area contributed by atoms with E-state index in [1.54, 1.807) is 0 Å². The molecule has 1 aliphatic heterocycles. The average molecular weight is 450 g/mol. The van der Waals surface area contributed by atoms with Crippen molar-refractivity contribution in [2.75, 3.05) is 58.3 Å². The summed E-state index contributed by atoms with van der Waals surface area (Å²) in [7, 11) is 4.05. The van der Waals surface area contributed by atoms with Crippen LogP contribution in [0.25, 0.3) is 10.9 Å². The summed E-state index contributed by atoms with van der Waals surface area (Å²) in [6, 6.07) is 14.0. The molecule has 0 radical (unpaired) electrons. The number of fused-ring (bicyclic) bond motifs is 1. The lowest BCUT2D eigenvalue weighted by Crippen LogP contribution is -2.49. The number of carbonyl (C=O) groups is 1. The van der Waals surface area contributed by atoms with Crippen LogP contribution in [0.5, 0.6) is 5.88 Å². The molecule has 0 aliphatic carbocycles. The van der Waals surface area contributed by atoms with Gasteiger partial charge in [0.1, 0.15) is 11.6 Å². The summed E-state index contributed by atoms with van der Waals surface area (Å²) in [4.78, 5) is 24.3. The third-order valence-electron chi connectivity index (χ3n) is 5.55. The Morgan fingerprint density at radius 3 is 2.66 bits per heavy atom. The van der Waals surface area contributed by atoms with Gasteiger partial charge in [-0.15, -0.1) is 11.3 Å². The number of aromatic nitrogens is 1. The van der Waals surface area contributed by atoms with Crippen LogP contribution >= 0.6 is 11.3 Å². The number of nitriles is 1. The number of ether oxygens (including phenoxy) is 1. The summed E-state index contributed by atoms with van der Waals surface area (Å²) in [5, 5.41) is 12.9. The minimum atomic E-state index is 0.0738. The summed E-state index contributed by atoms with van der Waals surface area (Å²) in [5.41, 5.74) is 2.12. The van der Waals surface area contributed by atoms with Gasteiger partial charge in [-0.2, -0.15) is 5.26 Å². The van der Waals surface area contributed by atoms with Crippen LogP contribution in [-0.4, -0.2) is 74.1 Å². The van der Waals surface area contributed by atoms with Crippen LogP contribution in [0.15, 0.2) is 41.8 Å². The smallest absolute Gasteiger partial charge is 0.264 e. The summed E-state index contributed by atoms with van der Waals surface area (Å²) < 4.78 is 5.98. The Kier molecular flexibility index (Phi) is 6.88. The maximum absolute atomic E-state index is 12.7. The van der Waals surface area contributed by atoms with E-state index < -0.39 is 0 Å². The monoisotopic (exact) mass is 449 g/mol. The van der Waals surface area contributed by atoms with Gasteiger partial charge in [-0.25, -0.2) is 4.98 Å². The molecule has 1 fully saturated rings. The van der Waals surface area contributed by atoms with E-state index in [9.17, 15) is 10.1 Å². The van der Waals surface area contributed by atoms with Gasteiger partial charge < -0.3 is 19.4 Å². The van der Waals surface area contributed by atoms with E-state index in [2.05, 4.69) is 20.9 Å². The Balaban J connectivity index is 1.58. The summed E-state index contributed by atoms with van der Waals surface area (Å²) >= 11 is 1.47. The van der Waals surface area contributed by atoms with Crippen molar-refractivity contribution in [2.45, 2.75) is 6.42 Å². The molecule has 0 spiro atoms. The van der Waals surface area contributed by atoms with Gasteiger partial charge in [-0.3, -0.25) is 4.79 Å². The molecule has 0 N–H and O–H groups in total. The second-order valence-corrected chi connectivity index (χ2v) is 8.98. The molecule has 0 atom stereocenters. The highest BCUT2D eigenvalue weighted by atomic mass is 32.1. The Bertz CT molecular complexity index is 1120. The lowest BCUT2D eigenvalue weighted by molar-refractivity contribution is 0.0751. The number of anilines is 1. The third-order valence-corrected chi connectivity index (χ3v) is 6.41. The quantitative estimate of drug-likeness (QED) is 0.515. The number of carbonyl (C=O) groups excluding carboxylic acids is 1. The summed E-state index contributed by atoms with van der Waals surface area (Å²) in [6.45, 7) is 3.93. The third kappa shape index (κ3) is 4.69.